The summed E-state index contributed by atoms with van der Waals surface area (Å²) in [4.78, 5) is 17.5. The maximum Gasteiger partial charge on any atom is 0.251 e. The van der Waals surface area contributed by atoms with Crippen LogP contribution in [-0.4, -0.2) is 42.8 Å². The number of imidazole rings is 1. The number of rotatable bonds is 15. The van der Waals surface area contributed by atoms with Crippen molar-refractivity contribution in [2.45, 2.75) is 58.9 Å². The minimum atomic E-state index is -0.107. The van der Waals surface area contributed by atoms with Crippen LogP contribution in [-0.2, 0) is 13.0 Å². The second kappa shape index (κ2) is 14.4. The van der Waals surface area contributed by atoms with Crippen LogP contribution >= 0.6 is 0 Å². The summed E-state index contributed by atoms with van der Waals surface area (Å²) in [7, 11) is 3.14. The first-order valence-electron chi connectivity index (χ1n) is 14.1. The number of amides is 1. The second-order valence-electron chi connectivity index (χ2n) is 10.1. The molecule has 7 heteroatoms. The summed E-state index contributed by atoms with van der Waals surface area (Å²) < 4.78 is 19.0. The molecule has 1 amide bonds. The van der Waals surface area contributed by atoms with Crippen molar-refractivity contribution in [3.8, 4) is 17.2 Å². The van der Waals surface area contributed by atoms with Crippen molar-refractivity contribution in [3.05, 3.63) is 83.2 Å². The zero-order chi connectivity index (χ0) is 28.3. The Morgan fingerprint density at radius 1 is 0.850 bits per heavy atom. The molecule has 0 radical (unpaired) electrons. The van der Waals surface area contributed by atoms with Gasteiger partial charge in [-0.3, -0.25) is 4.79 Å². The van der Waals surface area contributed by atoms with Gasteiger partial charge >= 0.3 is 0 Å². The second-order valence-corrected chi connectivity index (χ2v) is 10.1. The van der Waals surface area contributed by atoms with Gasteiger partial charge in [0.1, 0.15) is 11.6 Å². The highest BCUT2D eigenvalue weighted by Crippen LogP contribution is 2.27. The molecule has 4 rings (SSSR count). The van der Waals surface area contributed by atoms with Crippen molar-refractivity contribution < 1.29 is 19.0 Å². The predicted molar refractivity (Wildman–Crippen MR) is 160 cm³/mol. The van der Waals surface area contributed by atoms with Crippen LogP contribution < -0.4 is 19.5 Å². The van der Waals surface area contributed by atoms with Gasteiger partial charge in [-0.05, 0) is 87.1 Å². The van der Waals surface area contributed by atoms with E-state index in [2.05, 4.69) is 48.0 Å². The smallest absolute Gasteiger partial charge is 0.251 e. The molecule has 1 heterocycles. The summed E-state index contributed by atoms with van der Waals surface area (Å²) >= 11 is 0. The number of carbonyl (C=O) groups is 1. The summed E-state index contributed by atoms with van der Waals surface area (Å²) in [5.41, 5.74) is 5.27. The summed E-state index contributed by atoms with van der Waals surface area (Å²) in [6.07, 6.45) is 5.87. The highest BCUT2D eigenvalue weighted by molar-refractivity contribution is 5.94. The topological polar surface area (TPSA) is 74.6 Å². The molecule has 3 aromatic carbocycles. The van der Waals surface area contributed by atoms with Crippen LogP contribution in [0.3, 0.4) is 0 Å². The van der Waals surface area contributed by atoms with Gasteiger partial charge in [0.2, 0.25) is 0 Å². The number of benzene rings is 3. The Bertz CT molecular complexity index is 1410. The molecule has 0 aliphatic carbocycles. The Kier molecular flexibility index (Phi) is 10.4. The molecule has 40 heavy (non-hydrogen) atoms. The van der Waals surface area contributed by atoms with E-state index < -0.39 is 0 Å². The summed E-state index contributed by atoms with van der Waals surface area (Å²) in [5.74, 6) is 3.16. The van der Waals surface area contributed by atoms with Gasteiger partial charge in [-0.15, -0.1) is 0 Å². The number of ether oxygens (including phenoxy) is 3. The molecule has 0 aliphatic rings. The number of nitrogens with one attached hydrogen (secondary N) is 1. The van der Waals surface area contributed by atoms with Crippen LogP contribution in [0.4, 0.5) is 0 Å². The molecular weight excluding hydrogens is 502 g/mol. The summed E-state index contributed by atoms with van der Waals surface area (Å²) in [5, 5.41) is 3.01. The zero-order valence-corrected chi connectivity index (χ0v) is 24.2. The Hall–Kier alpha value is -4.00. The monoisotopic (exact) mass is 543 g/mol. The Balaban J connectivity index is 1.22. The third kappa shape index (κ3) is 7.34. The van der Waals surface area contributed by atoms with Gasteiger partial charge in [-0.25, -0.2) is 4.98 Å². The SMILES string of the molecule is COc1ccc(C(=O)NCCCCCc2nc3ccccc3n2CCCCOc2cccc(C)c2C)cc1OC. The van der Waals surface area contributed by atoms with Crippen LogP contribution in [0.25, 0.3) is 11.0 Å². The fraction of sp³-hybridized carbons (Fsp3) is 0.394. The molecule has 1 aromatic heterocycles. The lowest BCUT2D eigenvalue weighted by Crippen LogP contribution is -2.24. The molecule has 0 atom stereocenters. The number of para-hydroxylation sites is 2. The fourth-order valence-corrected chi connectivity index (χ4v) is 4.87. The van der Waals surface area contributed by atoms with Crippen molar-refractivity contribution >= 4 is 16.9 Å². The van der Waals surface area contributed by atoms with E-state index in [-0.39, 0.29) is 5.91 Å². The average Bonchev–Trinajstić information content (AvgIpc) is 3.33. The van der Waals surface area contributed by atoms with E-state index in [9.17, 15) is 4.79 Å². The molecule has 0 aliphatic heterocycles. The van der Waals surface area contributed by atoms with Crippen LogP contribution in [0.15, 0.2) is 60.7 Å². The molecule has 0 unspecified atom stereocenters. The Morgan fingerprint density at radius 2 is 1.68 bits per heavy atom. The zero-order valence-electron chi connectivity index (χ0n) is 24.2. The van der Waals surface area contributed by atoms with E-state index >= 15 is 0 Å². The van der Waals surface area contributed by atoms with Crippen molar-refractivity contribution in [1.29, 1.82) is 0 Å². The number of hydrogen-bond donors (Lipinski definition) is 1. The van der Waals surface area contributed by atoms with Gasteiger partial charge < -0.3 is 24.1 Å². The van der Waals surface area contributed by atoms with Crippen LogP contribution in [0, 0.1) is 13.8 Å². The molecule has 0 saturated carbocycles. The number of carbonyl (C=O) groups excluding carboxylic acids is 1. The standard InChI is InChI=1S/C33H41N3O4/c1-24-13-12-16-29(25(24)2)40-22-11-10-21-36-28-15-8-7-14-27(28)35-32(36)17-6-5-9-20-34-33(37)26-18-19-30(38-3)31(23-26)39-4/h7-8,12-16,18-19,23H,5-6,9-11,17,20-22H2,1-4H3,(H,34,37). The lowest BCUT2D eigenvalue weighted by Gasteiger charge is -2.12. The van der Waals surface area contributed by atoms with Gasteiger partial charge in [-0.2, -0.15) is 0 Å². The number of methoxy groups -OCH3 is 2. The first-order valence-corrected chi connectivity index (χ1v) is 14.1. The molecule has 0 fully saturated rings. The van der Waals surface area contributed by atoms with Crippen LogP contribution in [0.5, 0.6) is 17.2 Å². The third-order valence-corrected chi connectivity index (χ3v) is 7.33. The molecule has 0 saturated heterocycles. The van der Waals surface area contributed by atoms with E-state index in [0.717, 1.165) is 62.2 Å². The van der Waals surface area contributed by atoms with E-state index in [0.29, 0.717) is 30.2 Å². The number of nitrogens with zero attached hydrogens (tertiary/aromatic N) is 2. The summed E-state index contributed by atoms with van der Waals surface area (Å²) in [6.45, 7) is 6.49. The van der Waals surface area contributed by atoms with E-state index in [1.165, 1.54) is 16.6 Å². The number of fused-ring (bicyclic) bond motifs is 1. The lowest BCUT2D eigenvalue weighted by atomic mass is 10.1. The predicted octanol–water partition coefficient (Wildman–Crippen LogP) is 6.67. The van der Waals surface area contributed by atoms with Gasteiger partial charge in [0.25, 0.3) is 5.91 Å². The maximum absolute atomic E-state index is 12.5. The first kappa shape index (κ1) is 29.0. The summed E-state index contributed by atoms with van der Waals surface area (Å²) in [6, 6.07) is 19.8. The normalized spacial score (nSPS) is 11.0. The number of aryl methyl sites for hydroxylation is 3. The van der Waals surface area contributed by atoms with Crippen LogP contribution in [0.1, 0.15) is 59.4 Å². The van der Waals surface area contributed by atoms with E-state index in [1.807, 2.05) is 18.2 Å². The van der Waals surface area contributed by atoms with Crippen molar-refractivity contribution in [1.82, 2.24) is 14.9 Å². The number of aromatic nitrogens is 2. The van der Waals surface area contributed by atoms with Gasteiger partial charge in [0, 0.05) is 25.1 Å². The lowest BCUT2D eigenvalue weighted by molar-refractivity contribution is 0.0952. The van der Waals surface area contributed by atoms with Crippen molar-refractivity contribution in [3.63, 3.8) is 0 Å². The van der Waals surface area contributed by atoms with E-state index in [4.69, 9.17) is 19.2 Å². The highest BCUT2D eigenvalue weighted by Gasteiger charge is 2.12. The maximum atomic E-state index is 12.5. The minimum absolute atomic E-state index is 0.107. The van der Waals surface area contributed by atoms with Crippen LogP contribution in [0.2, 0.25) is 0 Å². The molecule has 7 nitrogen and oxygen atoms in total. The Morgan fingerprint density at radius 3 is 2.50 bits per heavy atom. The largest absolute Gasteiger partial charge is 0.493 e. The highest BCUT2D eigenvalue weighted by atomic mass is 16.5. The van der Waals surface area contributed by atoms with Gasteiger partial charge in [-0.1, -0.05) is 30.7 Å². The van der Waals surface area contributed by atoms with E-state index in [1.54, 1.807) is 32.4 Å². The molecule has 4 aromatic rings. The molecule has 1 N–H and O–H groups in total. The molecule has 0 spiro atoms. The quantitative estimate of drug-likeness (QED) is 0.170. The van der Waals surface area contributed by atoms with Gasteiger partial charge in [0.15, 0.2) is 11.5 Å². The number of hydrogen-bond acceptors (Lipinski definition) is 5. The molecular formula is C33H41N3O4. The molecule has 0 bridgehead atoms. The number of unbranched alkanes of at least 4 members (excludes halogenated alkanes) is 3. The van der Waals surface area contributed by atoms with Crippen molar-refractivity contribution in [2.75, 3.05) is 27.4 Å². The first-order chi connectivity index (χ1) is 19.5. The average molecular weight is 544 g/mol. The fourth-order valence-electron chi connectivity index (χ4n) is 4.87. The Labute approximate surface area is 237 Å². The van der Waals surface area contributed by atoms with Crippen molar-refractivity contribution in [2.24, 2.45) is 0 Å². The third-order valence-electron chi connectivity index (χ3n) is 7.33. The van der Waals surface area contributed by atoms with Gasteiger partial charge in [0.05, 0.1) is 31.9 Å². The minimum Gasteiger partial charge on any atom is -0.493 e. The molecule has 212 valence electrons.